The van der Waals surface area contributed by atoms with Crippen molar-refractivity contribution in [3.05, 3.63) is 0 Å². The van der Waals surface area contributed by atoms with E-state index in [9.17, 15) is 19.2 Å². The molecule has 0 aromatic carbocycles. The van der Waals surface area contributed by atoms with Crippen LogP contribution < -0.4 is 0 Å². The molecule has 0 amide bonds. The van der Waals surface area contributed by atoms with E-state index in [0.29, 0.717) is 6.42 Å². The third-order valence-corrected chi connectivity index (χ3v) is 3.80. The first-order valence-electron chi connectivity index (χ1n) is 15.2. The number of carboxylic acid groups (broad SMARTS) is 4. The van der Waals surface area contributed by atoms with Gasteiger partial charge in [0.15, 0.2) is 0 Å². The zero-order valence-corrected chi connectivity index (χ0v) is 31.8. The Morgan fingerprint density at radius 3 is 0.583 bits per heavy atom. The normalized spacial score (nSPS) is 9.21. The van der Waals surface area contributed by atoms with Crippen molar-refractivity contribution >= 4 is 23.9 Å². The molecule has 0 fully saturated rings. The predicted molar refractivity (Wildman–Crippen MR) is 189 cm³/mol. The van der Waals surface area contributed by atoms with Crippen molar-refractivity contribution in [1.82, 2.24) is 24.5 Å². The van der Waals surface area contributed by atoms with Crippen LogP contribution in [-0.4, -0.2) is 231 Å². The Kier molecular flexibility index (Phi) is 75.8. The van der Waals surface area contributed by atoms with Crippen molar-refractivity contribution < 1.29 is 65.1 Å². The second kappa shape index (κ2) is 56.8. The molecule has 0 spiro atoms. The molecule has 0 heterocycles. The van der Waals surface area contributed by atoms with Crippen LogP contribution in [0, 0.1) is 0 Å². The van der Waals surface area contributed by atoms with Crippen molar-refractivity contribution in [3.8, 4) is 0 Å². The van der Waals surface area contributed by atoms with Gasteiger partial charge in [0.25, 0.3) is 0 Å². The molecule has 0 atom stereocenters. The predicted octanol–water partition coefficient (Wildman–Crippen LogP) is -1.40. The second-order valence-corrected chi connectivity index (χ2v) is 10.5. The highest BCUT2D eigenvalue weighted by atomic mass is 16.4. The number of carbonyl (C=O) groups is 4. The van der Waals surface area contributed by atoms with Crippen LogP contribution in [0.25, 0.3) is 0 Å². The maximum atomic E-state index is 9.60. The number of likely N-dealkylation sites (N-methyl/N-ethyl adjacent to an activating group) is 5. The van der Waals surface area contributed by atoms with Gasteiger partial charge in [0, 0.05) is 45.6 Å². The molecule has 0 unspecified atom stereocenters. The molecule has 0 aromatic heterocycles. The molecule has 0 aliphatic heterocycles. The lowest BCUT2D eigenvalue weighted by Crippen LogP contribution is -2.15. The maximum absolute atomic E-state index is 9.60. The Morgan fingerprint density at radius 1 is 0.396 bits per heavy atom. The fourth-order valence-electron chi connectivity index (χ4n) is 1.34. The van der Waals surface area contributed by atoms with Crippen LogP contribution in [-0.2, 0) is 19.2 Å². The van der Waals surface area contributed by atoms with E-state index >= 15 is 0 Å². The molecular weight excluding hydrogens is 638 g/mol. The van der Waals surface area contributed by atoms with Crippen molar-refractivity contribution in [1.29, 1.82) is 0 Å². The molecule has 0 bridgehead atoms. The smallest absolute Gasteiger partial charge is 0.314 e. The van der Waals surface area contributed by atoms with Gasteiger partial charge < -0.3 is 70.5 Å². The fraction of sp³-hybridized carbons (Fsp3) is 0.867. The number of nitrogens with zero attached hydrogens (tertiary/aromatic N) is 5. The monoisotopic (exact) mass is 712 g/mol. The van der Waals surface area contributed by atoms with Gasteiger partial charge in [0.05, 0.1) is 33.0 Å². The van der Waals surface area contributed by atoms with E-state index in [0.717, 1.165) is 39.1 Å². The van der Waals surface area contributed by atoms with Crippen LogP contribution in [0.3, 0.4) is 0 Å². The van der Waals surface area contributed by atoms with Crippen LogP contribution in [0.5, 0.6) is 0 Å². The lowest BCUT2D eigenvalue weighted by atomic mass is 10.4. The Morgan fingerprint density at radius 2 is 0.583 bits per heavy atom. The van der Waals surface area contributed by atoms with Crippen LogP contribution in [0.4, 0.5) is 0 Å². The minimum Gasteiger partial charge on any atom is -0.481 e. The Hall–Kier alpha value is -2.52. The van der Waals surface area contributed by atoms with Gasteiger partial charge in [0.1, 0.15) is 6.42 Å². The van der Waals surface area contributed by atoms with Crippen LogP contribution in [0.1, 0.15) is 39.5 Å². The summed E-state index contributed by atoms with van der Waals surface area (Å²) in [6.07, 6.45) is 0.440. The van der Waals surface area contributed by atoms with Crippen molar-refractivity contribution in [3.63, 3.8) is 0 Å². The summed E-state index contributed by atoms with van der Waals surface area (Å²) in [4.78, 5) is 47.5. The molecular formula is C30H73N5O13. The summed E-state index contributed by atoms with van der Waals surface area (Å²) < 4.78 is 0. The average Bonchev–Trinajstić information content (AvgIpc) is 2.90. The van der Waals surface area contributed by atoms with Gasteiger partial charge in [-0.3, -0.25) is 19.2 Å². The molecule has 0 aliphatic carbocycles. The Labute approximate surface area is 289 Å². The topological polar surface area (TPSA) is 267 Å². The lowest BCUT2D eigenvalue weighted by Gasteiger charge is -2.03. The zero-order valence-electron chi connectivity index (χ0n) is 31.8. The van der Waals surface area contributed by atoms with E-state index in [-0.39, 0.29) is 39.5 Å². The van der Waals surface area contributed by atoms with Gasteiger partial charge in [-0.2, -0.15) is 0 Å². The molecule has 0 saturated heterocycles. The summed E-state index contributed by atoms with van der Waals surface area (Å²) in [5.74, 6) is -4.08. The highest BCUT2D eigenvalue weighted by molar-refractivity contribution is 5.88. The first-order chi connectivity index (χ1) is 22.0. The summed E-state index contributed by atoms with van der Waals surface area (Å²) in [6.45, 7) is 8.55. The summed E-state index contributed by atoms with van der Waals surface area (Å²) in [5.41, 5.74) is 0. The fourth-order valence-corrected chi connectivity index (χ4v) is 1.34. The molecule has 0 radical (unpaired) electrons. The molecule has 0 saturated carbocycles. The summed E-state index contributed by atoms with van der Waals surface area (Å²) >= 11 is 0. The highest BCUT2D eigenvalue weighted by Gasteiger charge is 2.01. The van der Waals surface area contributed by atoms with E-state index in [1.165, 1.54) is 0 Å². The van der Waals surface area contributed by atoms with E-state index in [1.807, 2.05) is 102 Å². The van der Waals surface area contributed by atoms with Gasteiger partial charge in [-0.05, 0) is 76.9 Å². The number of rotatable bonds is 15. The zero-order chi connectivity index (χ0) is 40.1. The van der Waals surface area contributed by atoms with Crippen molar-refractivity contribution in [2.24, 2.45) is 0 Å². The Bertz CT molecular complexity index is 572. The third-order valence-electron chi connectivity index (χ3n) is 3.80. The first-order valence-corrected chi connectivity index (χ1v) is 15.2. The van der Waals surface area contributed by atoms with Gasteiger partial charge in [-0.25, -0.2) is 0 Å². The Balaban J connectivity index is -0.0000000636. The highest BCUT2D eigenvalue weighted by Crippen LogP contribution is 1.82. The van der Waals surface area contributed by atoms with E-state index in [2.05, 4.69) is 0 Å². The van der Waals surface area contributed by atoms with Gasteiger partial charge in [0.2, 0.25) is 0 Å². The first kappa shape index (κ1) is 64.1. The molecule has 9 N–H and O–H groups in total. The van der Waals surface area contributed by atoms with Crippen molar-refractivity contribution in [2.45, 2.75) is 39.5 Å². The molecule has 0 aromatic rings. The molecule has 296 valence electrons. The second-order valence-electron chi connectivity index (χ2n) is 10.5. The number of hydrogen-bond acceptors (Lipinski definition) is 14. The average molecular weight is 712 g/mol. The lowest BCUT2D eigenvalue weighted by molar-refractivity contribution is -0.147. The molecule has 18 heteroatoms. The van der Waals surface area contributed by atoms with Crippen LogP contribution in [0.2, 0.25) is 0 Å². The van der Waals surface area contributed by atoms with Crippen molar-refractivity contribution in [2.75, 3.05) is 136 Å². The van der Waals surface area contributed by atoms with Gasteiger partial charge >= 0.3 is 23.9 Å². The number of aliphatic carboxylic acids is 4. The molecule has 18 nitrogen and oxygen atoms in total. The van der Waals surface area contributed by atoms with Gasteiger partial charge in [-0.15, -0.1) is 0 Å². The van der Waals surface area contributed by atoms with Gasteiger partial charge in [-0.1, -0.05) is 13.8 Å². The standard InChI is InChI=1S/5C4H11NO.C4H8O2.C3H4O4.C3H6O2/c5*1-5(2)3-4-6;1-2-3-4(5)6;4-2(5)1-3(6)7;1-2-3(4)5/h5*6H,3-4H2,1-2H3;2-3H2,1H3,(H,5,6);1H2,(H,4,5)(H,6,7);2H2,1H3,(H,4,5). The quantitative estimate of drug-likeness (QED) is 0.0884. The minimum absolute atomic E-state index is 0.222. The summed E-state index contributed by atoms with van der Waals surface area (Å²) in [7, 11) is 19.3. The number of hydrogen-bond donors (Lipinski definition) is 9. The number of carboxylic acids is 4. The van der Waals surface area contributed by atoms with E-state index in [1.54, 1.807) is 6.92 Å². The molecule has 0 aliphatic rings. The third kappa shape index (κ3) is 170. The summed E-state index contributed by atoms with van der Waals surface area (Å²) in [5, 5.41) is 72.0. The molecule has 0 rings (SSSR count). The number of aliphatic hydroxyl groups excluding tert-OH is 5. The SMILES string of the molecule is CCC(=O)O.CCCC(=O)O.CN(C)CCO.CN(C)CCO.CN(C)CCO.CN(C)CCO.CN(C)CCO.O=C(O)CC(=O)O. The van der Waals surface area contributed by atoms with E-state index < -0.39 is 30.3 Å². The largest absolute Gasteiger partial charge is 0.481 e. The number of aliphatic hydroxyl groups is 5. The van der Waals surface area contributed by atoms with Crippen LogP contribution in [0.15, 0.2) is 0 Å². The van der Waals surface area contributed by atoms with E-state index in [4.69, 9.17) is 46.0 Å². The molecule has 48 heavy (non-hydrogen) atoms. The minimum atomic E-state index is -1.31. The summed E-state index contributed by atoms with van der Waals surface area (Å²) in [6, 6.07) is 0. The maximum Gasteiger partial charge on any atom is 0.314 e. The van der Waals surface area contributed by atoms with Crippen LogP contribution >= 0.6 is 0 Å².